The van der Waals surface area contributed by atoms with Crippen molar-refractivity contribution in [2.24, 2.45) is 21.4 Å². The normalized spacial score (nSPS) is 24.9. The van der Waals surface area contributed by atoms with Crippen molar-refractivity contribution in [3.8, 4) is 0 Å². The molecule has 1 N–H and O–H groups in total. The van der Waals surface area contributed by atoms with Gasteiger partial charge in [-0.15, -0.1) is 0 Å². The van der Waals surface area contributed by atoms with Crippen LogP contribution in [0.15, 0.2) is 47.6 Å². The van der Waals surface area contributed by atoms with Crippen LogP contribution in [-0.4, -0.2) is 27.4 Å². The van der Waals surface area contributed by atoms with E-state index in [0.717, 1.165) is 6.07 Å². The zero-order chi connectivity index (χ0) is 26.5. The number of non-ortho nitro benzene ring substituents is 1. The summed E-state index contributed by atoms with van der Waals surface area (Å²) >= 11 is 5.80. The molecule has 0 radical (unpaired) electrons. The van der Waals surface area contributed by atoms with E-state index in [-0.39, 0.29) is 28.6 Å². The lowest BCUT2D eigenvalue weighted by Crippen LogP contribution is -2.43. The molecule has 2 aromatic rings. The van der Waals surface area contributed by atoms with Crippen LogP contribution in [0.1, 0.15) is 50.4 Å². The van der Waals surface area contributed by atoms with Crippen LogP contribution in [0, 0.1) is 36.5 Å². The zero-order valence-electron chi connectivity index (χ0n) is 19.7. The smallest absolute Gasteiger partial charge is 0.325 e. The number of nitrogens with zero attached hydrogens (tertiary/aromatic N) is 3. The molecule has 2 aliphatic carbocycles. The number of carbonyl (C=O) groups is 2. The summed E-state index contributed by atoms with van der Waals surface area (Å²) in [5, 5.41) is 29.0. The van der Waals surface area contributed by atoms with Gasteiger partial charge in [0.15, 0.2) is 0 Å². The van der Waals surface area contributed by atoms with Crippen molar-refractivity contribution in [2.45, 2.75) is 40.0 Å². The van der Waals surface area contributed by atoms with E-state index in [1.54, 1.807) is 6.07 Å². The van der Waals surface area contributed by atoms with E-state index in [0.29, 0.717) is 24.2 Å². The molecule has 0 spiro atoms. The van der Waals surface area contributed by atoms with Gasteiger partial charge in [0.05, 0.1) is 26.5 Å². The average Bonchev–Trinajstić information content (AvgIpc) is 3.13. The Balaban J connectivity index is 1.58. The molecule has 2 bridgehead atoms. The molecule has 11 nitrogen and oxygen atoms in total. The van der Waals surface area contributed by atoms with E-state index in [4.69, 9.17) is 16.4 Å². The fourth-order valence-corrected chi connectivity index (χ4v) is 5.59. The summed E-state index contributed by atoms with van der Waals surface area (Å²) in [6, 6.07) is 9.28. The molecule has 2 atom stereocenters. The Morgan fingerprint density at radius 2 is 1.78 bits per heavy atom. The molecule has 12 heteroatoms. The summed E-state index contributed by atoms with van der Waals surface area (Å²) in [6.45, 7) is 5.88. The fraction of sp³-hybridized carbons (Fsp3) is 0.375. The largest absolute Gasteiger partial charge is 0.365 e. The molecule has 2 saturated carbocycles. The number of benzene rings is 2. The van der Waals surface area contributed by atoms with Crippen molar-refractivity contribution in [1.29, 1.82) is 0 Å². The van der Waals surface area contributed by atoms with Gasteiger partial charge in [0.1, 0.15) is 5.02 Å². The number of nitro groups is 2. The lowest BCUT2D eigenvalue weighted by molar-refractivity contribution is -0.384. The predicted octanol–water partition coefficient (Wildman–Crippen LogP) is 5.52. The monoisotopic (exact) mass is 514 g/mol. The first kappa shape index (κ1) is 25.2. The standard InChI is InChI=1S/C24H23ClN4O7/c1-22(2)23(3)9-10-24(22,21(31)26-15-5-4-6-16(12-15)28(32)33)13-19(23)27-36-20(30)14-7-8-17(25)18(11-14)29(34)35/h4-8,11-12H,9-10,13H2,1-3H3,(H,26,31)/b27-19+. The Hall–Kier alpha value is -3.86. The number of hydrogen-bond donors (Lipinski definition) is 1. The van der Waals surface area contributed by atoms with E-state index >= 15 is 0 Å². The van der Waals surface area contributed by atoms with Crippen molar-refractivity contribution in [3.05, 3.63) is 73.3 Å². The zero-order valence-corrected chi connectivity index (χ0v) is 20.5. The number of rotatable bonds is 6. The molecule has 2 fully saturated rings. The third-order valence-corrected chi connectivity index (χ3v) is 8.42. The molecule has 1 amide bonds. The molecule has 0 heterocycles. The molecular formula is C24H23ClN4O7. The van der Waals surface area contributed by atoms with Crippen LogP contribution in [0.25, 0.3) is 0 Å². The number of anilines is 1. The van der Waals surface area contributed by atoms with Crippen LogP contribution in [0.3, 0.4) is 0 Å². The lowest BCUT2D eigenvalue weighted by atomic mass is 9.64. The minimum Gasteiger partial charge on any atom is -0.325 e. The minimum atomic E-state index is -0.887. The highest BCUT2D eigenvalue weighted by atomic mass is 35.5. The minimum absolute atomic E-state index is 0.0823. The van der Waals surface area contributed by atoms with Gasteiger partial charge >= 0.3 is 5.97 Å². The highest BCUT2D eigenvalue weighted by Gasteiger charge is 2.71. The van der Waals surface area contributed by atoms with Gasteiger partial charge < -0.3 is 10.2 Å². The van der Waals surface area contributed by atoms with Crippen molar-refractivity contribution in [1.82, 2.24) is 0 Å². The number of fused-ring (bicyclic) bond motifs is 2. The second-order valence-corrected chi connectivity index (χ2v) is 10.2. The summed E-state index contributed by atoms with van der Waals surface area (Å²) in [6.07, 6.45) is 1.41. The summed E-state index contributed by atoms with van der Waals surface area (Å²) in [5.41, 5.74) is -1.81. The molecule has 0 aliphatic heterocycles. The van der Waals surface area contributed by atoms with Gasteiger partial charge in [-0.2, -0.15) is 0 Å². The van der Waals surface area contributed by atoms with E-state index < -0.39 is 37.7 Å². The van der Waals surface area contributed by atoms with E-state index in [9.17, 15) is 29.8 Å². The van der Waals surface area contributed by atoms with Gasteiger partial charge in [0, 0.05) is 35.7 Å². The van der Waals surface area contributed by atoms with Crippen molar-refractivity contribution in [3.63, 3.8) is 0 Å². The summed E-state index contributed by atoms with van der Waals surface area (Å²) in [4.78, 5) is 52.3. The number of hydrogen-bond acceptors (Lipinski definition) is 8. The second kappa shape index (κ2) is 8.66. The van der Waals surface area contributed by atoms with Crippen LogP contribution in [0.2, 0.25) is 5.02 Å². The average molecular weight is 515 g/mol. The summed E-state index contributed by atoms with van der Waals surface area (Å²) < 4.78 is 0. The van der Waals surface area contributed by atoms with Crippen LogP contribution < -0.4 is 5.32 Å². The number of amides is 1. The van der Waals surface area contributed by atoms with E-state index in [1.807, 2.05) is 20.8 Å². The number of nitro benzene ring substituents is 2. The highest BCUT2D eigenvalue weighted by Crippen LogP contribution is 2.71. The third kappa shape index (κ3) is 3.79. The first-order chi connectivity index (χ1) is 16.8. The maximum Gasteiger partial charge on any atom is 0.365 e. The molecule has 188 valence electrons. The van der Waals surface area contributed by atoms with Gasteiger partial charge in [0.2, 0.25) is 5.91 Å². The van der Waals surface area contributed by atoms with Crippen molar-refractivity contribution < 1.29 is 24.3 Å². The number of nitrogens with one attached hydrogen (secondary N) is 1. The first-order valence-electron chi connectivity index (χ1n) is 11.1. The second-order valence-electron chi connectivity index (χ2n) is 9.82. The molecule has 2 unspecified atom stereocenters. The highest BCUT2D eigenvalue weighted by molar-refractivity contribution is 6.32. The third-order valence-electron chi connectivity index (χ3n) is 8.10. The van der Waals surface area contributed by atoms with Gasteiger partial charge in [-0.25, -0.2) is 4.79 Å². The summed E-state index contributed by atoms with van der Waals surface area (Å²) in [7, 11) is 0. The maximum absolute atomic E-state index is 13.6. The number of carbonyl (C=O) groups excluding carboxylic acids is 2. The molecule has 0 saturated heterocycles. The van der Waals surface area contributed by atoms with Gasteiger partial charge in [-0.05, 0) is 36.5 Å². The Bertz CT molecular complexity index is 1340. The number of halogens is 1. The molecule has 0 aromatic heterocycles. The van der Waals surface area contributed by atoms with Gasteiger partial charge in [0.25, 0.3) is 11.4 Å². The van der Waals surface area contributed by atoms with Crippen molar-refractivity contribution in [2.75, 3.05) is 5.32 Å². The van der Waals surface area contributed by atoms with Crippen LogP contribution in [-0.2, 0) is 9.63 Å². The van der Waals surface area contributed by atoms with Gasteiger partial charge in [-0.1, -0.05) is 43.6 Å². The number of oxime groups is 1. The summed E-state index contributed by atoms with van der Waals surface area (Å²) in [5.74, 6) is -1.18. The van der Waals surface area contributed by atoms with Gasteiger partial charge in [-0.3, -0.25) is 25.0 Å². The quantitative estimate of drug-likeness (QED) is 0.302. The maximum atomic E-state index is 13.6. The van der Waals surface area contributed by atoms with E-state index in [1.165, 1.54) is 30.3 Å². The molecule has 2 aliphatic rings. The predicted molar refractivity (Wildman–Crippen MR) is 131 cm³/mol. The molecule has 4 rings (SSSR count). The Morgan fingerprint density at radius 3 is 2.44 bits per heavy atom. The fourth-order valence-electron chi connectivity index (χ4n) is 5.40. The lowest BCUT2D eigenvalue weighted by Gasteiger charge is -2.39. The Morgan fingerprint density at radius 1 is 1.06 bits per heavy atom. The van der Waals surface area contributed by atoms with Crippen LogP contribution in [0.4, 0.5) is 17.1 Å². The van der Waals surface area contributed by atoms with Crippen molar-refractivity contribution >= 4 is 46.3 Å². The Kier molecular flexibility index (Phi) is 6.07. The van der Waals surface area contributed by atoms with Crippen LogP contribution >= 0.6 is 11.6 Å². The Labute approximate surface area is 210 Å². The molecule has 36 heavy (non-hydrogen) atoms. The molecule has 2 aromatic carbocycles. The molecular weight excluding hydrogens is 492 g/mol. The van der Waals surface area contributed by atoms with Crippen LogP contribution in [0.5, 0.6) is 0 Å². The van der Waals surface area contributed by atoms with E-state index in [2.05, 4.69) is 10.5 Å². The SMILES string of the molecule is CC12CCC(C(=O)Nc3cccc([N+](=O)[O-])c3)(C/C1=N\OC(=O)c1ccc(Cl)c([N+](=O)[O-])c1)C2(C)C. The first-order valence-corrected chi connectivity index (χ1v) is 11.5. The topological polar surface area (TPSA) is 154 Å².